The van der Waals surface area contributed by atoms with Gasteiger partial charge < -0.3 is 14.4 Å². The van der Waals surface area contributed by atoms with E-state index >= 15 is 0 Å². The van der Waals surface area contributed by atoms with Gasteiger partial charge in [0, 0.05) is 44.0 Å². The number of H-pyrrole nitrogens is 2. The number of aryl methyl sites for hydroxylation is 1. The van der Waals surface area contributed by atoms with Gasteiger partial charge in [0.15, 0.2) is 0 Å². The van der Waals surface area contributed by atoms with Crippen LogP contribution in [0.3, 0.4) is 0 Å². The van der Waals surface area contributed by atoms with Crippen molar-refractivity contribution in [3.8, 4) is 0 Å². The molecular weight excluding hydrogens is 372 g/mol. The molecule has 0 saturated heterocycles. The smallest absolute Gasteiger partial charge is 0.116 e. The van der Waals surface area contributed by atoms with Crippen molar-refractivity contribution in [3.05, 3.63) is 83.6 Å². The largest absolute Gasteiger partial charge is 0.465 e. The molecule has 3 heterocycles. The fraction of sp³-hybridized carbons (Fsp3) is 0.0909. The topological polar surface area (TPSA) is 44.7 Å². The Kier molecular flexibility index (Phi) is 3.88. The van der Waals surface area contributed by atoms with Gasteiger partial charge in [0.05, 0.1) is 5.92 Å². The molecule has 0 saturated carbocycles. The molecule has 3 aromatic heterocycles. The fourth-order valence-corrected chi connectivity index (χ4v) is 4.23. The SMILES string of the molecule is Cc1ccc(C(c2c[nH]c3ccc(S)cc23)c2c[nH]c3ccc(S)cc23)o1. The molecule has 2 aromatic carbocycles. The lowest BCUT2D eigenvalue weighted by molar-refractivity contribution is 0.479. The Morgan fingerprint density at radius 1 is 0.778 bits per heavy atom. The van der Waals surface area contributed by atoms with E-state index in [0.29, 0.717) is 0 Å². The first-order valence-corrected chi connectivity index (χ1v) is 9.66. The monoisotopic (exact) mass is 390 g/mol. The second-order valence-corrected chi connectivity index (χ2v) is 7.86. The Morgan fingerprint density at radius 3 is 1.81 bits per heavy atom. The lowest BCUT2D eigenvalue weighted by Gasteiger charge is -2.14. The van der Waals surface area contributed by atoms with E-state index in [1.165, 1.54) is 11.1 Å². The van der Waals surface area contributed by atoms with Crippen molar-refractivity contribution in [1.82, 2.24) is 9.97 Å². The third-order valence-corrected chi connectivity index (χ3v) is 5.62. The van der Waals surface area contributed by atoms with Crippen LogP contribution in [0, 0.1) is 6.92 Å². The van der Waals surface area contributed by atoms with Crippen molar-refractivity contribution >= 4 is 47.1 Å². The average Bonchev–Trinajstić information content (AvgIpc) is 3.36. The lowest BCUT2D eigenvalue weighted by Crippen LogP contribution is -2.01. The molecule has 0 atom stereocenters. The number of thiol groups is 2. The summed E-state index contributed by atoms with van der Waals surface area (Å²) in [7, 11) is 0. The normalized spacial score (nSPS) is 11.9. The second kappa shape index (κ2) is 6.29. The third kappa shape index (κ3) is 2.78. The highest BCUT2D eigenvalue weighted by atomic mass is 32.1. The zero-order chi connectivity index (χ0) is 18.5. The van der Waals surface area contributed by atoms with E-state index in [0.717, 1.165) is 43.1 Å². The van der Waals surface area contributed by atoms with Crippen LogP contribution >= 0.6 is 25.3 Å². The molecule has 0 radical (unpaired) electrons. The van der Waals surface area contributed by atoms with Crippen LogP contribution in [0.15, 0.2) is 75.1 Å². The quantitative estimate of drug-likeness (QED) is 0.268. The zero-order valence-corrected chi connectivity index (χ0v) is 16.4. The first kappa shape index (κ1) is 16.7. The molecule has 0 spiro atoms. The van der Waals surface area contributed by atoms with Crippen LogP contribution in [-0.4, -0.2) is 9.97 Å². The van der Waals surface area contributed by atoms with Gasteiger partial charge in [-0.2, -0.15) is 0 Å². The summed E-state index contributed by atoms with van der Waals surface area (Å²) in [6.45, 7) is 1.97. The molecule has 134 valence electrons. The number of hydrogen-bond donors (Lipinski definition) is 4. The molecule has 2 N–H and O–H groups in total. The minimum Gasteiger partial charge on any atom is -0.465 e. The van der Waals surface area contributed by atoms with Gasteiger partial charge in [-0.25, -0.2) is 0 Å². The van der Waals surface area contributed by atoms with E-state index in [1.807, 2.05) is 25.1 Å². The molecule has 5 rings (SSSR count). The van der Waals surface area contributed by atoms with Crippen molar-refractivity contribution in [3.63, 3.8) is 0 Å². The van der Waals surface area contributed by atoms with Gasteiger partial charge in [0.25, 0.3) is 0 Å². The van der Waals surface area contributed by atoms with Gasteiger partial charge in [-0.3, -0.25) is 0 Å². The molecule has 0 bridgehead atoms. The number of fused-ring (bicyclic) bond motifs is 2. The third-order valence-electron chi connectivity index (χ3n) is 5.06. The number of hydrogen-bond acceptors (Lipinski definition) is 3. The molecule has 0 aliphatic carbocycles. The number of furan rings is 1. The average molecular weight is 391 g/mol. The van der Waals surface area contributed by atoms with E-state index < -0.39 is 0 Å². The first-order valence-electron chi connectivity index (χ1n) is 8.76. The van der Waals surface area contributed by atoms with Crippen molar-refractivity contribution in [2.45, 2.75) is 22.6 Å². The molecule has 3 nitrogen and oxygen atoms in total. The number of nitrogens with one attached hydrogen (secondary N) is 2. The van der Waals surface area contributed by atoms with Crippen LogP contribution in [0.25, 0.3) is 21.8 Å². The predicted molar refractivity (Wildman–Crippen MR) is 115 cm³/mol. The maximum Gasteiger partial charge on any atom is 0.116 e. The maximum atomic E-state index is 6.09. The van der Waals surface area contributed by atoms with Gasteiger partial charge in [-0.05, 0) is 66.6 Å². The molecule has 0 unspecified atom stereocenters. The molecule has 0 fully saturated rings. The Hall–Kier alpha value is -2.50. The standard InChI is InChI=1S/C22H18N2OS2/c1-12-2-7-21(25-12)22(17-10-23-19-5-3-13(26)8-15(17)19)18-11-24-20-6-4-14(27)9-16(18)20/h2-11,22-24,26-27H,1H3. The zero-order valence-electron chi connectivity index (χ0n) is 14.7. The molecule has 0 amide bonds. The Labute approximate surface area is 167 Å². The minimum atomic E-state index is -0.0357. The van der Waals surface area contributed by atoms with Gasteiger partial charge in [-0.15, -0.1) is 25.3 Å². The molecule has 5 heteroatoms. The molecule has 0 aliphatic rings. The van der Waals surface area contributed by atoms with Gasteiger partial charge in [-0.1, -0.05) is 0 Å². The van der Waals surface area contributed by atoms with E-state index in [9.17, 15) is 0 Å². The molecule has 0 aliphatic heterocycles. The van der Waals surface area contributed by atoms with Crippen LogP contribution in [0.4, 0.5) is 0 Å². The maximum absolute atomic E-state index is 6.09. The molecular formula is C22H18N2OS2. The van der Waals surface area contributed by atoms with Crippen molar-refractivity contribution in [2.24, 2.45) is 0 Å². The minimum absolute atomic E-state index is 0.0357. The highest BCUT2D eigenvalue weighted by molar-refractivity contribution is 7.80. The number of aromatic nitrogens is 2. The van der Waals surface area contributed by atoms with E-state index in [4.69, 9.17) is 4.42 Å². The first-order chi connectivity index (χ1) is 13.1. The second-order valence-electron chi connectivity index (χ2n) is 6.83. The van der Waals surface area contributed by atoms with Crippen molar-refractivity contribution in [2.75, 3.05) is 0 Å². The van der Waals surface area contributed by atoms with Gasteiger partial charge in [0.1, 0.15) is 11.5 Å². The predicted octanol–water partition coefficient (Wildman–Crippen LogP) is 6.31. The van der Waals surface area contributed by atoms with E-state index in [1.54, 1.807) is 0 Å². The highest BCUT2D eigenvalue weighted by Crippen LogP contribution is 2.40. The van der Waals surface area contributed by atoms with Gasteiger partial charge >= 0.3 is 0 Å². The van der Waals surface area contributed by atoms with Crippen LogP contribution < -0.4 is 0 Å². The number of benzene rings is 2. The van der Waals surface area contributed by atoms with Crippen LogP contribution in [0.2, 0.25) is 0 Å². The van der Waals surface area contributed by atoms with Crippen molar-refractivity contribution < 1.29 is 4.42 Å². The highest BCUT2D eigenvalue weighted by Gasteiger charge is 2.26. The number of aromatic amines is 2. The van der Waals surface area contributed by atoms with Crippen LogP contribution in [0.1, 0.15) is 28.6 Å². The summed E-state index contributed by atoms with van der Waals surface area (Å²) in [5.74, 6) is 1.79. The molecule has 5 aromatic rings. The summed E-state index contributed by atoms with van der Waals surface area (Å²) < 4.78 is 6.09. The summed E-state index contributed by atoms with van der Waals surface area (Å²) in [6, 6.07) is 16.4. The van der Waals surface area contributed by atoms with E-state index in [-0.39, 0.29) is 5.92 Å². The Morgan fingerprint density at radius 2 is 1.33 bits per heavy atom. The van der Waals surface area contributed by atoms with Crippen LogP contribution in [0.5, 0.6) is 0 Å². The Bertz CT molecular complexity index is 1200. The lowest BCUT2D eigenvalue weighted by atomic mass is 9.88. The van der Waals surface area contributed by atoms with E-state index in [2.05, 4.69) is 78.0 Å². The van der Waals surface area contributed by atoms with Crippen molar-refractivity contribution in [1.29, 1.82) is 0 Å². The summed E-state index contributed by atoms with van der Waals surface area (Å²) in [5.41, 5.74) is 4.51. The molecule has 27 heavy (non-hydrogen) atoms. The number of rotatable bonds is 3. The van der Waals surface area contributed by atoms with Crippen LogP contribution in [-0.2, 0) is 0 Å². The summed E-state index contributed by atoms with van der Waals surface area (Å²) in [4.78, 5) is 8.66. The summed E-state index contributed by atoms with van der Waals surface area (Å²) >= 11 is 9.07. The summed E-state index contributed by atoms with van der Waals surface area (Å²) in [6.07, 6.45) is 4.15. The Balaban J connectivity index is 1.81. The van der Waals surface area contributed by atoms with Gasteiger partial charge in [0.2, 0.25) is 0 Å². The summed E-state index contributed by atoms with van der Waals surface area (Å²) in [5, 5.41) is 2.30. The fourth-order valence-electron chi connectivity index (χ4n) is 3.82.